The van der Waals surface area contributed by atoms with E-state index in [4.69, 9.17) is 10.1 Å². The molecule has 2 aromatic carbocycles. The first-order chi connectivity index (χ1) is 14.4. The smallest absolute Gasteiger partial charge is 0.164 e. The zero-order valence-corrected chi connectivity index (χ0v) is 18.9. The van der Waals surface area contributed by atoms with Crippen LogP contribution in [0.15, 0.2) is 54.6 Å². The van der Waals surface area contributed by atoms with Crippen LogP contribution in [0.25, 0.3) is 28.0 Å². The Labute approximate surface area is 183 Å². The average Bonchev–Trinajstić information content (AvgIpc) is 3.05. The maximum atomic E-state index is 10.2. The van der Waals surface area contributed by atoms with Crippen molar-refractivity contribution < 1.29 is 10.2 Å². The summed E-state index contributed by atoms with van der Waals surface area (Å²) in [6.45, 7) is 13.0. The molecule has 0 amide bonds. The van der Waals surface area contributed by atoms with E-state index in [2.05, 4.69) is 47.6 Å². The molecule has 0 aliphatic rings. The quantitative estimate of drug-likeness (QED) is 0.417. The summed E-state index contributed by atoms with van der Waals surface area (Å²) in [7, 11) is 0. The molecule has 0 atom stereocenters. The van der Waals surface area contributed by atoms with Gasteiger partial charge in [-0.2, -0.15) is 5.10 Å². The van der Waals surface area contributed by atoms with Crippen molar-refractivity contribution >= 4 is 5.65 Å². The summed E-state index contributed by atoms with van der Waals surface area (Å²) in [5.74, 6) is 0.395. The Bertz CT molecular complexity index is 1260. The highest BCUT2D eigenvalue weighted by atomic mass is 16.3. The predicted octanol–water partition coefficient (Wildman–Crippen LogP) is 6.07. The molecule has 0 unspecified atom stereocenters. The zero-order valence-electron chi connectivity index (χ0n) is 18.9. The minimum Gasteiger partial charge on any atom is -0.508 e. The van der Waals surface area contributed by atoms with Crippen LogP contribution in [0, 0.1) is 0 Å². The summed E-state index contributed by atoms with van der Waals surface area (Å²) in [5, 5.41) is 24.9. The predicted molar refractivity (Wildman–Crippen MR) is 125 cm³/mol. The lowest BCUT2D eigenvalue weighted by atomic mass is 9.86. The second kappa shape index (κ2) is 7.12. The molecular weight excluding hydrogens is 386 g/mol. The van der Waals surface area contributed by atoms with Crippen molar-refractivity contribution in [3.8, 4) is 33.9 Å². The van der Waals surface area contributed by atoms with Gasteiger partial charge in [0.25, 0.3) is 0 Å². The zero-order chi connectivity index (χ0) is 22.6. The third-order valence-electron chi connectivity index (χ3n) is 5.40. The third kappa shape index (κ3) is 3.88. The van der Waals surface area contributed by atoms with Gasteiger partial charge in [-0.15, -0.1) is 0 Å². The van der Waals surface area contributed by atoms with Gasteiger partial charge in [0.05, 0.1) is 17.0 Å². The van der Waals surface area contributed by atoms with Gasteiger partial charge in [-0.3, -0.25) is 0 Å². The number of phenols is 2. The maximum absolute atomic E-state index is 10.2. The minimum atomic E-state index is -0.157. The molecular formula is C26H29N3O2. The molecule has 0 aliphatic heterocycles. The van der Waals surface area contributed by atoms with Crippen molar-refractivity contribution in [2.24, 2.45) is 0 Å². The summed E-state index contributed by atoms with van der Waals surface area (Å²) in [6, 6.07) is 16.3. The third-order valence-corrected chi connectivity index (χ3v) is 5.40. The van der Waals surface area contributed by atoms with E-state index in [1.807, 2.05) is 28.8 Å². The monoisotopic (exact) mass is 415 g/mol. The summed E-state index contributed by atoms with van der Waals surface area (Å²) >= 11 is 0. The topological polar surface area (TPSA) is 70.7 Å². The number of nitrogens with zero attached hydrogens (tertiary/aromatic N) is 3. The van der Waals surface area contributed by atoms with Gasteiger partial charge in [0.1, 0.15) is 17.2 Å². The summed E-state index contributed by atoms with van der Waals surface area (Å²) in [4.78, 5) is 5.06. The van der Waals surface area contributed by atoms with Crippen LogP contribution in [0.2, 0.25) is 0 Å². The molecule has 160 valence electrons. The van der Waals surface area contributed by atoms with Crippen LogP contribution < -0.4 is 0 Å². The van der Waals surface area contributed by atoms with E-state index in [1.165, 1.54) is 0 Å². The van der Waals surface area contributed by atoms with Gasteiger partial charge >= 0.3 is 0 Å². The molecule has 2 aromatic heterocycles. The van der Waals surface area contributed by atoms with Gasteiger partial charge in [-0.05, 0) is 48.0 Å². The number of hydrogen-bond acceptors (Lipinski definition) is 4. The number of aromatic hydroxyl groups is 2. The number of hydrogen-bond donors (Lipinski definition) is 2. The molecule has 31 heavy (non-hydrogen) atoms. The minimum absolute atomic E-state index is 0.138. The van der Waals surface area contributed by atoms with Gasteiger partial charge < -0.3 is 10.2 Å². The highest BCUT2D eigenvalue weighted by molar-refractivity contribution is 5.91. The Morgan fingerprint density at radius 1 is 0.742 bits per heavy atom. The Balaban J connectivity index is 2.16. The van der Waals surface area contributed by atoms with Crippen LogP contribution >= 0.6 is 0 Å². The van der Waals surface area contributed by atoms with Crippen LogP contribution in [-0.4, -0.2) is 24.8 Å². The van der Waals surface area contributed by atoms with Crippen molar-refractivity contribution in [1.29, 1.82) is 0 Å². The number of aromatic nitrogens is 3. The number of rotatable bonds is 2. The van der Waals surface area contributed by atoms with E-state index >= 15 is 0 Å². The molecule has 0 spiro atoms. The second-order valence-corrected chi connectivity index (χ2v) is 10.1. The van der Waals surface area contributed by atoms with Crippen molar-refractivity contribution in [1.82, 2.24) is 14.6 Å². The van der Waals surface area contributed by atoms with Gasteiger partial charge in [-0.1, -0.05) is 53.7 Å². The van der Waals surface area contributed by atoms with Crippen LogP contribution in [0.5, 0.6) is 11.5 Å². The highest BCUT2D eigenvalue weighted by Gasteiger charge is 2.28. The molecule has 0 aliphatic carbocycles. The van der Waals surface area contributed by atoms with E-state index < -0.39 is 0 Å². The van der Waals surface area contributed by atoms with Gasteiger partial charge in [-0.25, -0.2) is 9.50 Å². The van der Waals surface area contributed by atoms with Crippen molar-refractivity contribution in [3.63, 3.8) is 0 Å². The van der Waals surface area contributed by atoms with Crippen molar-refractivity contribution in [2.45, 2.75) is 52.4 Å². The lowest BCUT2D eigenvalue weighted by Gasteiger charge is -2.25. The molecule has 4 rings (SSSR count). The summed E-state index contributed by atoms with van der Waals surface area (Å²) in [5.41, 5.74) is 5.85. The van der Waals surface area contributed by atoms with Crippen LogP contribution in [0.4, 0.5) is 0 Å². The first-order valence-electron chi connectivity index (χ1n) is 10.5. The van der Waals surface area contributed by atoms with E-state index in [0.717, 1.165) is 39.4 Å². The van der Waals surface area contributed by atoms with E-state index in [-0.39, 0.29) is 22.3 Å². The number of benzene rings is 2. The lowest BCUT2D eigenvalue weighted by Crippen LogP contribution is -2.22. The maximum Gasteiger partial charge on any atom is 0.164 e. The molecule has 5 nitrogen and oxygen atoms in total. The average molecular weight is 416 g/mol. The van der Waals surface area contributed by atoms with Gasteiger partial charge in [0, 0.05) is 16.4 Å². The van der Waals surface area contributed by atoms with Crippen LogP contribution in [0.3, 0.4) is 0 Å². The Morgan fingerprint density at radius 2 is 1.42 bits per heavy atom. The molecule has 4 aromatic rings. The Morgan fingerprint density at radius 3 is 2.00 bits per heavy atom. The molecule has 5 heteroatoms. The van der Waals surface area contributed by atoms with Crippen LogP contribution in [-0.2, 0) is 10.8 Å². The van der Waals surface area contributed by atoms with E-state index in [9.17, 15) is 10.2 Å². The van der Waals surface area contributed by atoms with E-state index in [1.54, 1.807) is 24.3 Å². The molecule has 0 fully saturated rings. The fourth-order valence-electron chi connectivity index (χ4n) is 3.68. The first-order valence-corrected chi connectivity index (χ1v) is 10.5. The van der Waals surface area contributed by atoms with Crippen molar-refractivity contribution in [2.75, 3.05) is 0 Å². The standard InChI is InChI=1S/C26H29N3O2/c1-25(2,3)20-15-21(26(4,5)6)29-24(27-20)22(17-8-7-9-19(31)14-17)23(28-29)16-10-12-18(30)13-11-16/h7-15,30-31H,1-6H3. The normalized spacial score (nSPS) is 12.5. The SMILES string of the molecule is CC(C)(C)c1cc(C(C)(C)C)n2nc(-c3ccc(O)cc3)c(-c3cccc(O)c3)c2n1. The highest BCUT2D eigenvalue weighted by Crippen LogP contribution is 2.39. The lowest BCUT2D eigenvalue weighted by molar-refractivity contribution is 0.475. The fourth-order valence-corrected chi connectivity index (χ4v) is 3.68. The van der Waals surface area contributed by atoms with E-state index in [0.29, 0.717) is 0 Å². The first kappa shape index (κ1) is 20.9. The molecule has 2 heterocycles. The Kier molecular flexibility index (Phi) is 4.80. The van der Waals surface area contributed by atoms with Gasteiger partial charge in [0.15, 0.2) is 5.65 Å². The molecule has 2 N–H and O–H groups in total. The van der Waals surface area contributed by atoms with Crippen molar-refractivity contribution in [3.05, 3.63) is 66.0 Å². The van der Waals surface area contributed by atoms with Crippen LogP contribution in [0.1, 0.15) is 52.9 Å². The molecule has 0 bridgehead atoms. The number of fused-ring (bicyclic) bond motifs is 1. The number of phenolic OH excluding ortho intramolecular Hbond substituents is 2. The second-order valence-electron chi connectivity index (χ2n) is 10.1. The largest absolute Gasteiger partial charge is 0.508 e. The molecule has 0 radical (unpaired) electrons. The molecule has 0 saturated carbocycles. The molecule has 0 saturated heterocycles. The summed E-state index contributed by atoms with van der Waals surface area (Å²) in [6.07, 6.45) is 0. The van der Waals surface area contributed by atoms with Gasteiger partial charge in [0.2, 0.25) is 0 Å². The Hall–Kier alpha value is -3.34. The summed E-state index contributed by atoms with van der Waals surface area (Å²) < 4.78 is 1.93. The fraction of sp³-hybridized carbons (Fsp3) is 0.308.